The quantitative estimate of drug-likeness (QED) is 0.792. The SMILES string of the molecule is CNC1CCN(C(=O)c2cc(-c3ccncc3)nc3ccccc23)CC1. The summed E-state index contributed by atoms with van der Waals surface area (Å²) in [5, 5.41) is 4.22. The number of aromatic nitrogens is 2. The molecule has 0 unspecified atom stereocenters. The van der Waals surface area contributed by atoms with Crippen molar-refractivity contribution in [2.75, 3.05) is 20.1 Å². The number of hydrogen-bond acceptors (Lipinski definition) is 4. The summed E-state index contributed by atoms with van der Waals surface area (Å²) in [5.41, 5.74) is 3.34. The zero-order valence-electron chi connectivity index (χ0n) is 14.9. The number of rotatable bonds is 3. The molecule has 3 heterocycles. The second-order valence-electron chi connectivity index (χ2n) is 6.66. The van der Waals surface area contributed by atoms with Gasteiger partial charge in [0.05, 0.1) is 16.8 Å². The third kappa shape index (κ3) is 3.18. The van der Waals surface area contributed by atoms with Gasteiger partial charge in [-0.2, -0.15) is 0 Å². The molecule has 0 atom stereocenters. The predicted octanol–water partition coefficient (Wildman–Crippen LogP) is 3.12. The molecule has 1 aliphatic rings. The minimum Gasteiger partial charge on any atom is -0.339 e. The second kappa shape index (κ2) is 7.22. The maximum atomic E-state index is 13.3. The van der Waals surface area contributed by atoms with Gasteiger partial charge in [-0.3, -0.25) is 9.78 Å². The highest BCUT2D eigenvalue weighted by atomic mass is 16.2. The Labute approximate surface area is 153 Å². The Hall–Kier alpha value is -2.79. The van der Waals surface area contributed by atoms with Gasteiger partial charge in [0, 0.05) is 42.5 Å². The van der Waals surface area contributed by atoms with Gasteiger partial charge in [0.1, 0.15) is 0 Å². The van der Waals surface area contributed by atoms with E-state index in [0.29, 0.717) is 6.04 Å². The summed E-state index contributed by atoms with van der Waals surface area (Å²) < 4.78 is 0. The Morgan fingerprint density at radius 3 is 2.58 bits per heavy atom. The largest absolute Gasteiger partial charge is 0.339 e. The van der Waals surface area contributed by atoms with Crippen molar-refractivity contribution in [1.29, 1.82) is 0 Å². The van der Waals surface area contributed by atoms with Crippen LogP contribution in [0.4, 0.5) is 0 Å². The maximum absolute atomic E-state index is 13.3. The second-order valence-corrected chi connectivity index (χ2v) is 6.66. The van der Waals surface area contributed by atoms with Crippen LogP contribution in [0.3, 0.4) is 0 Å². The molecule has 26 heavy (non-hydrogen) atoms. The summed E-state index contributed by atoms with van der Waals surface area (Å²) in [6.07, 6.45) is 5.47. The number of hydrogen-bond donors (Lipinski definition) is 1. The van der Waals surface area contributed by atoms with E-state index in [1.807, 2.05) is 54.4 Å². The molecule has 1 amide bonds. The Balaban J connectivity index is 1.75. The first-order chi connectivity index (χ1) is 12.8. The molecular weight excluding hydrogens is 324 g/mol. The van der Waals surface area contributed by atoms with Crippen molar-refractivity contribution >= 4 is 16.8 Å². The first-order valence-corrected chi connectivity index (χ1v) is 9.03. The molecule has 3 aromatic rings. The van der Waals surface area contributed by atoms with E-state index >= 15 is 0 Å². The van der Waals surface area contributed by atoms with Gasteiger partial charge in [-0.15, -0.1) is 0 Å². The fourth-order valence-corrected chi connectivity index (χ4v) is 3.56. The number of likely N-dealkylation sites (tertiary alicyclic amines) is 1. The van der Waals surface area contributed by atoms with Crippen LogP contribution in [-0.2, 0) is 0 Å². The lowest BCUT2D eigenvalue weighted by molar-refractivity contribution is 0.0709. The minimum atomic E-state index is 0.0912. The molecule has 1 aromatic carbocycles. The molecule has 0 bridgehead atoms. The van der Waals surface area contributed by atoms with Gasteiger partial charge in [-0.05, 0) is 44.2 Å². The highest BCUT2D eigenvalue weighted by Gasteiger charge is 2.24. The number of nitrogens with one attached hydrogen (secondary N) is 1. The van der Waals surface area contributed by atoms with E-state index in [0.717, 1.165) is 53.7 Å². The summed E-state index contributed by atoms with van der Waals surface area (Å²) in [6, 6.07) is 14.1. The lowest BCUT2D eigenvalue weighted by Crippen LogP contribution is -2.44. The fraction of sp³-hybridized carbons (Fsp3) is 0.286. The standard InChI is InChI=1S/C21H22N4O/c1-22-16-8-12-25(13-9-16)21(26)18-14-20(15-6-10-23-11-7-15)24-19-5-3-2-4-17(18)19/h2-7,10-11,14,16,22H,8-9,12-13H2,1H3. The number of fused-ring (bicyclic) bond motifs is 1. The van der Waals surface area contributed by atoms with Crippen LogP contribution in [0.5, 0.6) is 0 Å². The molecule has 1 saturated heterocycles. The van der Waals surface area contributed by atoms with Gasteiger partial charge in [0.2, 0.25) is 0 Å². The lowest BCUT2D eigenvalue weighted by atomic mass is 10.0. The molecule has 2 aromatic heterocycles. The summed E-state index contributed by atoms with van der Waals surface area (Å²) >= 11 is 0. The van der Waals surface area contributed by atoms with Crippen molar-refractivity contribution in [2.24, 2.45) is 0 Å². The maximum Gasteiger partial charge on any atom is 0.254 e. The number of nitrogens with zero attached hydrogens (tertiary/aromatic N) is 3. The number of para-hydroxylation sites is 1. The van der Waals surface area contributed by atoms with Crippen LogP contribution in [0.25, 0.3) is 22.2 Å². The van der Waals surface area contributed by atoms with Crippen LogP contribution in [0.2, 0.25) is 0 Å². The molecule has 5 nitrogen and oxygen atoms in total. The van der Waals surface area contributed by atoms with Gasteiger partial charge >= 0.3 is 0 Å². The van der Waals surface area contributed by atoms with Gasteiger partial charge in [-0.1, -0.05) is 18.2 Å². The first kappa shape index (κ1) is 16.7. The van der Waals surface area contributed by atoms with Gasteiger partial charge in [0.25, 0.3) is 5.91 Å². The number of pyridine rings is 2. The average molecular weight is 346 g/mol. The summed E-state index contributed by atoms with van der Waals surface area (Å²) in [5.74, 6) is 0.0912. The number of carbonyl (C=O) groups excluding carboxylic acids is 1. The molecule has 4 rings (SSSR count). The van der Waals surface area contributed by atoms with Crippen LogP contribution in [0, 0.1) is 0 Å². The van der Waals surface area contributed by atoms with E-state index in [4.69, 9.17) is 4.98 Å². The summed E-state index contributed by atoms with van der Waals surface area (Å²) in [7, 11) is 1.99. The van der Waals surface area contributed by atoms with Crippen LogP contribution < -0.4 is 5.32 Å². The van der Waals surface area contributed by atoms with E-state index < -0.39 is 0 Å². The van der Waals surface area contributed by atoms with Crippen LogP contribution in [0.1, 0.15) is 23.2 Å². The molecule has 0 radical (unpaired) electrons. The Kier molecular flexibility index (Phi) is 4.63. The van der Waals surface area contributed by atoms with Gasteiger partial charge < -0.3 is 10.2 Å². The zero-order valence-corrected chi connectivity index (χ0v) is 14.9. The molecule has 1 aliphatic heterocycles. The highest BCUT2D eigenvalue weighted by Crippen LogP contribution is 2.26. The van der Waals surface area contributed by atoms with Crippen molar-refractivity contribution < 1.29 is 4.79 Å². The van der Waals surface area contributed by atoms with Crippen molar-refractivity contribution in [1.82, 2.24) is 20.2 Å². The third-order valence-electron chi connectivity index (χ3n) is 5.11. The number of piperidine rings is 1. The third-order valence-corrected chi connectivity index (χ3v) is 5.11. The lowest BCUT2D eigenvalue weighted by Gasteiger charge is -2.32. The molecule has 0 saturated carbocycles. The monoisotopic (exact) mass is 346 g/mol. The molecule has 1 fully saturated rings. The van der Waals surface area contributed by atoms with Crippen molar-refractivity contribution in [3.63, 3.8) is 0 Å². The van der Waals surface area contributed by atoms with Crippen LogP contribution >= 0.6 is 0 Å². The molecular formula is C21H22N4O. The fourth-order valence-electron chi connectivity index (χ4n) is 3.56. The molecule has 0 spiro atoms. The van der Waals surface area contributed by atoms with E-state index in [1.54, 1.807) is 12.4 Å². The molecule has 132 valence electrons. The van der Waals surface area contributed by atoms with E-state index in [1.165, 1.54) is 0 Å². The smallest absolute Gasteiger partial charge is 0.254 e. The number of carbonyl (C=O) groups is 1. The summed E-state index contributed by atoms with van der Waals surface area (Å²) in [4.78, 5) is 24.0. The van der Waals surface area contributed by atoms with Gasteiger partial charge in [0.15, 0.2) is 0 Å². The van der Waals surface area contributed by atoms with Crippen molar-refractivity contribution in [2.45, 2.75) is 18.9 Å². The zero-order chi connectivity index (χ0) is 17.9. The van der Waals surface area contributed by atoms with Crippen LogP contribution in [0.15, 0.2) is 54.9 Å². The van der Waals surface area contributed by atoms with Crippen molar-refractivity contribution in [3.05, 3.63) is 60.4 Å². The first-order valence-electron chi connectivity index (χ1n) is 9.03. The summed E-state index contributed by atoms with van der Waals surface area (Å²) in [6.45, 7) is 1.57. The van der Waals surface area contributed by atoms with Crippen molar-refractivity contribution in [3.8, 4) is 11.3 Å². The predicted molar refractivity (Wildman–Crippen MR) is 103 cm³/mol. The molecule has 5 heteroatoms. The minimum absolute atomic E-state index is 0.0912. The average Bonchev–Trinajstić information content (AvgIpc) is 2.73. The van der Waals surface area contributed by atoms with Crippen LogP contribution in [-0.4, -0.2) is 47.0 Å². The Bertz CT molecular complexity index is 918. The van der Waals surface area contributed by atoms with Gasteiger partial charge in [-0.25, -0.2) is 4.98 Å². The highest BCUT2D eigenvalue weighted by molar-refractivity contribution is 6.07. The number of benzene rings is 1. The van der Waals surface area contributed by atoms with E-state index in [2.05, 4.69) is 10.3 Å². The van der Waals surface area contributed by atoms with E-state index in [-0.39, 0.29) is 5.91 Å². The topological polar surface area (TPSA) is 58.1 Å². The molecule has 0 aliphatic carbocycles. The Morgan fingerprint density at radius 1 is 1.12 bits per heavy atom. The number of amides is 1. The Morgan fingerprint density at radius 2 is 1.85 bits per heavy atom. The molecule has 1 N–H and O–H groups in total. The van der Waals surface area contributed by atoms with E-state index in [9.17, 15) is 4.79 Å². The normalized spacial score (nSPS) is 15.3.